The third-order valence-corrected chi connectivity index (χ3v) is 4.60. The zero-order valence-electron chi connectivity index (χ0n) is 13.1. The number of esters is 1. The summed E-state index contributed by atoms with van der Waals surface area (Å²) in [5.74, 6) is -0.554. The molecule has 0 radical (unpaired) electrons. The van der Waals surface area contributed by atoms with Crippen molar-refractivity contribution in [3.63, 3.8) is 0 Å². The van der Waals surface area contributed by atoms with Gasteiger partial charge in [-0.05, 0) is 54.7 Å². The second kappa shape index (κ2) is 4.88. The summed E-state index contributed by atoms with van der Waals surface area (Å²) in [5.41, 5.74) is 6.88. The monoisotopic (exact) mass is 307 g/mol. The van der Waals surface area contributed by atoms with Crippen molar-refractivity contribution in [2.45, 2.75) is 19.8 Å². The fourth-order valence-electron chi connectivity index (χ4n) is 3.46. The van der Waals surface area contributed by atoms with Gasteiger partial charge in [-0.3, -0.25) is 0 Å². The molecule has 0 spiro atoms. The second-order valence-corrected chi connectivity index (χ2v) is 6.05. The molecule has 0 aliphatic heterocycles. The largest absolute Gasteiger partial charge is 0.507 e. The van der Waals surface area contributed by atoms with E-state index in [9.17, 15) is 9.90 Å². The van der Waals surface area contributed by atoms with Crippen LogP contribution in [0.15, 0.2) is 30.3 Å². The molecule has 1 heterocycles. The number of benzene rings is 2. The predicted molar refractivity (Wildman–Crippen MR) is 88.9 cm³/mol. The number of ether oxygens (including phenoxy) is 1. The van der Waals surface area contributed by atoms with Gasteiger partial charge in [-0.15, -0.1) is 0 Å². The number of carbonyl (C=O) groups is 1. The zero-order valence-corrected chi connectivity index (χ0v) is 13.1. The summed E-state index contributed by atoms with van der Waals surface area (Å²) in [6.45, 7) is 2.07. The van der Waals surface area contributed by atoms with Gasteiger partial charge in [0.25, 0.3) is 0 Å². The van der Waals surface area contributed by atoms with Crippen molar-refractivity contribution in [1.82, 2.24) is 4.98 Å². The Hall–Kier alpha value is -2.75. The van der Waals surface area contributed by atoms with Crippen LogP contribution in [0.2, 0.25) is 0 Å². The average Bonchev–Trinajstić information content (AvgIpc) is 2.91. The van der Waals surface area contributed by atoms with Crippen LogP contribution >= 0.6 is 0 Å². The molecule has 116 valence electrons. The Labute approximate surface area is 133 Å². The molecule has 4 rings (SSSR count). The quantitative estimate of drug-likeness (QED) is 0.673. The Balaban J connectivity index is 1.94. The van der Waals surface area contributed by atoms with Gasteiger partial charge in [0.1, 0.15) is 11.3 Å². The average molecular weight is 307 g/mol. The van der Waals surface area contributed by atoms with Crippen molar-refractivity contribution in [3.8, 4) is 17.0 Å². The van der Waals surface area contributed by atoms with Crippen molar-refractivity contribution in [1.29, 1.82) is 0 Å². The number of rotatable bonds is 1. The molecule has 2 aromatic carbocycles. The molecule has 23 heavy (non-hydrogen) atoms. The minimum absolute atomic E-state index is 0.0433. The van der Waals surface area contributed by atoms with Crippen LogP contribution < -0.4 is 0 Å². The lowest BCUT2D eigenvalue weighted by molar-refractivity contribution is 0.0597. The molecule has 0 unspecified atom stereocenters. The first-order valence-corrected chi connectivity index (χ1v) is 7.64. The first kappa shape index (κ1) is 13.9. The van der Waals surface area contributed by atoms with Crippen molar-refractivity contribution >= 4 is 16.9 Å². The predicted octanol–water partition coefficient (Wildman–Crippen LogP) is 3.73. The fourth-order valence-corrected chi connectivity index (χ4v) is 3.46. The van der Waals surface area contributed by atoms with E-state index in [2.05, 4.69) is 30.1 Å². The molecule has 0 saturated carbocycles. The molecule has 4 heteroatoms. The topological polar surface area (TPSA) is 62.3 Å². The van der Waals surface area contributed by atoms with E-state index in [4.69, 9.17) is 4.74 Å². The van der Waals surface area contributed by atoms with Gasteiger partial charge in [-0.1, -0.05) is 12.1 Å². The number of phenolic OH excluding ortho intramolecular Hbond substituents is 1. The Bertz CT molecular complexity index is 953. The van der Waals surface area contributed by atoms with Crippen LogP contribution in [-0.4, -0.2) is 23.2 Å². The summed E-state index contributed by atoms with van der Waals surface area (Å²) in [4.78, 5) is 15.2. The number of phenols is 1. The number of nitrogens with one attached hydrogen (secondary N) is 1. The number of carbonyl (C=O) groups excluding carboxylic acids is 1. The number of aryl methyl sites for hydroxylation is 3. The molecule has 2 N–H and O–H groups in total. The number of aromatic hydroxyl groups is 1. The van der Waals surface area contributed by atoms with Crippen LogP contribution in [0.1, 0.15) is 27.0 Å². The van der Waals surface area contributed by atoms with E-state index >= 15 is 0 Å². The number of aromatic amines is 1. The number of methoxy groups -OCH3 is 1. The summed E-state index contributed by atoms with van der Waals surface area (Å²) < 4.78 is 4.73. The summed E-state index contributed by atoms with van der Waals surface area (Å²) >= 11 is 0. The molecular weight excluding hydrogens is 290 g/mol. The van der Waals surface area contributed by atoms with Gasteiger partial charge in [-0.25, -0.2) is 4.79 Å². The fraction of sp³-hybridized carbons (Fsp3) is 0.211. The number of H-pyrrole nitrogens is 1. The summed E-state index contributed by atoms with van der Waals surface area (Å²) in [5, 5.41) is 11.4. The van der Waals surface area contributed by atoms with Gasteiger partial charge in [-0.2, -0.15) is 0 Å². The van der Waals surface area contributed by atoms with Crippen LogP contribution in [0.5, 0.6) is 5.75 Å². The highest BCUT2D eigenvalue weighted by atomic mass is 16.5. The van der Waals surface area contributed by atoms with E-state index in [0.717, 1.165) is 35.2 Å². The van der Waals surface area contributed by atoms with E-state index in [1.54, 1.807) is 12.1 Å². The molecule has 0 bridgehead atoms. The molecule has 0 atom stereocenters. The van der Waals surface area contributed by atoms with E-state index in [-0.39, 0.29) is 11.3 Å². The van der Waals surface area contributed by atoms with Gasteiger partial charge in [0.2, 0.25) is 0 Å². The summed E-state index contributed by atoms with van der Waals surface area (Å²) in [6.07, 6.45) is 1.75. The van der Waals surface area contributed by atoms with Crippen LogP contribution in [0.3, 0.4) is 0 Å². The van der Waals surface area contributed by atoms with E-state index in [0.29, 0.717) is 0 Å². The minimum atomic E-state index is -0.511. The molecule has 1 aromatic heterocycles. The summed E-state index contributed by atoms with van der Waals surface area (Å²) in [6, 6.07) is 9.81. The molecular formula is C19H17NO3. The number of hydrogen-bond acceptors (Lipinski definition) is 3. The van der Waals surface area contributed by atoms with Crippen LogP contribution in [0, 0.1) is 6.92 Å². The molecule has 0 fully saturated rings. The Kier molecular flexibility index (Phi) is 2.94. The Morgan fingerprint density at radius 3 is 2.83 bits per heavy atom. The molecule has 0 saturated heterocycles. The standard InChI is InChI=1S/C19H17NO3/c1-10-3-5-12-13-6-4-11-8-15(19(22)23-2)17(21)9-14(11)18(13)20-16(12)7-10/h3,5,7-9,20-21H,4,6H2,1-2H3. The SMILES string of the molecule is COC(=O)c1cc2c(cc1O)-c1[nH]c3cc(C)ccc3c1CC2. The Morgan fingerprint density at radius 1 is 1.22 bits per heavy atom. The number of hydrogen-bond donors (Lipinski definition) is 2. The maximum Gasteiger partial charge on any atom is 0.341 e. The normalized spacial score (nSPS) is 12.8. The molecule has 3 aromatic rings. The second-order valence-electron chi connectivity index (χ2n) is 6.05. The van der Waals surface area contributed by atoms with Crippen molar-refractivity contribution < 1.29 is 14.6 Å². The highest BCUT2D eigenvalue weighted by molar-refractivity contribution is 5.96. The van der Waals surface area contributed by atoms with Crippen LogP contribution in [0.25, 0.3) is 22.2 Å². The van der Waals surface area contributed by atoms with Gasteiger partial charge >= 0.3 is 5.97 Å². The third kappa shape index (κ3) is 2.02. The van der Waals surface area contributed by atoms with E-state index in [1.165, 1.54) is 23.6 Å². The first-order chi connectivity index (χ1) is 11.1. The maximum atomic E-state index is 11.8. The van der Waals surface area contributed by atoms with Crippen molar-refractivity contribution in [2.75, 3.05) is 7.11 Å². The highest BCUT2D eigenvalue weighted by Gasteiger charge is 2.24. The van der Waals surface area contributed by atoms with Crippen LogP contribution in [0.4, 0.5) is 0 Å². The lowest BCUT2D eigenvalue weighted by Crippen LogP contribution is -2.07. The van der Waals surface area contributed by atoms with Gasteiger partial charge < -0.3 is 14.8 Å². The molecule has 1 aliphatic carbocycles. The van der Waals surface area contributed by atoms with Crippen LogP contribution in [-0.2, 0) is 17.6 Å². The molecule has 0 amide bonds. The maximum absolute atomic E-state index is 11.8. The molecule has 1 aliphatic rings. The van der Waals surface area contributed by atoms with Gasteiger partial charge in [0, 0.05) is 16.5 Å². The number of fused-ring (bicyclic) bond motifs is 5. The van der Waals surface area contributed by atoms with Crippen molar-refractivity contribution in [2.24, 2.45) is 0 Å². The van der Waals surface area contributed by atoms with Crippen molar-refractivity contribution in [3.05, 3.63) is 52.6 Å². The lowest BCUT2D eigenvalue weighted by atomic mass is 9.87. The smallest absolute Gasteiger partial charge is 0.341 e. The first-order valence-electron chi connectivity index (χ1n) is 7.64. The Morgan fingerprint density at radius 2 is 2.04 bits per heavy atom. The third-order valence-electron chi connectivity index (χ3n) is 4.60. The van der Waals surface area contributed by atoms with Gasteiger partial charge in [0.05, 0.1) is 12.8 Å². The lowest BCUT2D eigenvalue weighted by Gasteiger charge is -2.18. The molecule has 4 nitrogen and oxygen atoms in total. The van der Waals surface area contributed by atoms with Gasteiger partial charge in [0.15, 0.2) is 0 Å². The van der Waals surface area contributed by atoms with E-state index in [1.807, 2.05) is 0 Å². The minimum Gasteiger partial charge on any atom is -0.507 e. The summed E-state index contributed by atoms with van der Waals surface area (Å²) in [7, 11) is 1.32. The zero-order chi connectivity index (χ0) is 16.1. The van der Waals surface area contributed by atoms with E-state index < -0.39 is 5.97 Å². The highest BCUT2D eigenvalue weighted by Crippen LogP contribution is 2.40. The number of aromatic nitrogens is 1.